The average molecular weight is 228 g/mol. The summed E-state index contributed by atoms with van der Waals surface area (Å²) in [5, 5.41) is 1.87. The van der Waals surface area contributed by atoms with E-state index < -0.39 is 18.2 Å². The van der Waals surface area contributed by atoms with Crippen molar-refractivity contribution in [1.29, 1.82) is 0 Å². The minimum atomic E-state index is -0.950. The van der Waals surface area contributed by atoms with Gasteiger partial charge in [-0.3, -0.25) is 0 Å². The number of fused-ring (bicyclic) bond motifs is 1. The van der Waals surface area contributed by atoms with Gasteiger partial charge in [0.25, 0.3) is 0 Å². The van der Waals surface area contributed by atoms with E-state index in [1.54, 1.807) is 6.07 Å². The van der Waals surface area contributed by atoms with Crippen molar-refractivity contribution >= 4 is 22.9 Å². The molecule has 0 spiro atoms. The predicted molar refractivity (Wildman–Crippen MR) is 59.3 cm³/mol. The molecule has 2 aromatic rings. The van der Waals surface area contributed by atoms with Crippen LogP contribution in [0.3, 0.4) is 0 Å². The lowest BCUT2D eigenvalue weighted by molar-refractivity contribution is -0.136. The number of carbonyl (C=O) groups is 2. The van der Waals surface area contributed by atoms with Gasteiger partial charge in [0.05, 0.1) is 0 Å². The number of ether oxygens (including phenoxy) is 2. The van der Waals surface area contributed by atoms with Gasteiger partial charge in [0.15, 0.2) is 0 Å². The van der Waals surface area contributed by atoms with Crippen LogP contribution in [0.25, 0.3) is 10.8 Å². The van der Waals surface area contributed by atoms with Crippen LogP contribution in [0, 0.1) is 0 Å². The Hall–Kier alpha value is -2.36. The average Bonchev–Trinajstić information content (AvgIpc) is 2.68. The highest BCUT2D eigenvalue weighted by Crippen LogP contribution is 2.30. The first-order valence-electron chi connectivity index (χ1n) is 5.16. The Kier molecular flexibility index (Phi) is 2.08. The number of rotatable bonds is 1. The van der Waals surface area contributed by atoms with Gasteiger partial charge in [-0.1, -0.05) is 42.5 Å². The Morgan fingerprint density at radius 3 is 2.47 bits per heavy atom. The quantitative estimate of drug-likeness (QED) is 0.556. The molecule has 1 atom stereocenters. The van der Waals surface area contributed by atoms with Crippen molar-refractivity contribution in [3.05, 3.63) is 48.0 Å². The molecule has 0 aromatic heterocycles. The van der Waals surface area contributed by atoms with Gasteiger partial charge >= 0.3 is 12.1 Å². The third kappa shape index (κ3) is 1.54. The van der Waals surface area contributed by atoms with Gasteiger partial charge in [-0.05, 0) is 10.8 Å². The zero-order valence-electron chi connectivity index (χ0n) is 8.75. The van der Waals surface area contributed by atoms with E-state index in [1.165, 1.54) is 0 Å². The molecule has 4 heteroatoms. The monoisotopic (exact) mass is 228 g/mol. The van der Waals surface area contributed by atoms with Crippen molar-refractivity contribution in [1.82, 2.24) is 0 Å². The van der Waals surface area contributed by atoms with E-state index in [-0.39, 0.29) is 0 Å². The maximum atomic E-state index is 11.5. The minimum Gasteiger partial charge on any atom is -0.414 e. The molecule has 0 saturated carbocycles. The Morgan fingerprint density at radius 1 is 0.941 bits per heavy atom. The maximum Gasteiger partial charge on any atom is 0.517 e. The zero-order chi connectivity index (χ0) is 11.8. The number of hydrogen-bond acceptors (Lipinski definition) is 4. The third-order valence-corrected chi connectivity index (χ3v) is 2.72. The first-order chi connectivity index (χ1) is 8.25. The molecule has 1 aliphatic heterocycles. The van der Waals surface area contributed by atoms with Crippen LogP contribution in [-0.4, -0.2) is 12.1 Å². The van der Waals surface area contributed by atoms with Crippen LogP contribution >= 0.6 is 0 Å². The fraction of sp³-hybridized carbons (Fsp3) is 0.0769. The number of hydrogen-bond donors (Lipinski definition) is 0. The molecule has 0 bridgehead atoms. The Bertz CT molecular complexity index is 612. The maximum absolute atomic E-state index is 11.5. The van der Waals surface area contributed by atoms with Gasteiger partial charge in [-0.2, -0.15) is 0 Å². The Labute approximate surface area is 96.8 Å². The van der Waals surface area contributed by atoms with Crippen molar-refractivity contribution in [2.24, 2.45) is 0 Å². The summed E-state index contributed by atoms with van der Waals surface area (Å²) in [7, 11) is 0. The fourth-order valence-electron chi connectivity index (χ4n) is 1.97. The topological polar surface area (TPSA) is 52.6 Å². The smallest absolute Gasteiger partial charge is 0.414 e. The van der Waals surface area contributed by atoms with Crippen molar-refractivity contribution in [3.63, 3.8) is 0 Å². The molecular formula is C13H8O4. The molecule has 1 aliphatic rings. The normalized spacial score (nSPS) is 19.2. The van der Waals surface area contributed by atoms with Crippen molar-refractivity contribution in [3.8, 4) is 0 Å². The van der Waals surface area contributed by atoms with Crippen LogP contribution in [0.5, 0.6) is 0 Å². The van der Waals surface area contributed by atoms with E-state index in [4.69, 9.17) is 4.74 Å². The molecule has 1 unspecified atom stereocenters. The summed E-state index contributed by atoms with van der Waals surface area (Å²) in [5.41, 5.74) is 0.652. The molecule has 84 valence electrons. The lowest BCUT2D eigenvalue weighted by atomic mass is 10.0. The Balaban J connectivity index is 2.17. The second kappa shape index (κ2) is 3.59. The molecule has 1 saturated heterocycles. The number of carbonyl (C=O) groups excluding carboxylic acids is 2. The SMILES string of the molecule is O=C1OC(=O)C(c2cccc3ccccc23)O1. The van der Waals surface area contributed by atoms with E-state index in [0.29, 0.717) is 5.56 Å². The minimum absolute atomic E-state index is 0.652. The molecule has 0 radical (unpaired) electrons. The largest absolute Gasteiger partial charge is 0.517 e. The predicted octanol–water partition coefficient (Wildman–Crippen LogP) is 2.57. The van der Waals surface area contributed by atoms with E-state index in [9.17, 15) is 9.59 Å². The number of cyclic esters (lactones) is 3. The van der Waals surface area contributed by atoms with E-state index >= 15 is 0 Å². The van der Waals surface area contributed by atoms with Gasteiger partial charge < -0.3 is 9.47 Å². The van der Waals surface area contributed by atoms with Crippen molar-refractivity contribution in [2.45, 2.75) is 6.10 Å². The van der Waals surface area contributed by atoms with Crippen LogP contribution in [-0.2, 0) is 14.3 Å². The molecular weight excluding hydrogens is 220 g/mol. The van der Waals surface area contributed by atoms with Crippen LogP contribution in [0.4, 0.5) is 4.79 Å². The van der Waals surface area contributed by atoms with Crippen LogP contribution in [0.1, 0.15) is 11.7 Å². The molecule has 17 heavy (non-hydrogen) atoms. The summed E-state index contributed by atoms with van der Waals surface area (Å²) in [4.78, 5) is 22.4. The molecule has 0 aliphatic carbocycles. The van der Waals surface area contributed by atoms with E-state index in [1.807, 2.05) is 36.4 Å². The second-order valence-corrected chi connectivity index (χ2v) is 3.74. The standard InChI is InChI=1S/C13H8O4/c14-12-11(16-13(15)17-12)10-7-3-5-8-4-1-2-6-9(8)10/h1-7,11H. The van der Waals surface area contributed by atoms with Crippen molar-refractivity contribution in [2.75, 3.05) is 0 Å². The van der Waals surface area contributed by atoms with Crippen LogP contribution in [0.2, 0.25) is 0 Å². The van der Waals surface area contributed by atoms with Gasteiger partial charge in [0.2, 0.25) is 6.10 Å². The first kappa shape index (κ1) is 9.84. The summed E-state index contributed by atoms with van der Waals surface area (Å²) >= 11 is 0. The first-order valence-corrected chi connectivity index (χ1v) is 5.16. The molecule has 1 heterocycles. The van der Waals surface area contributed by atoms with Gasteiger partial charge in [-0.15, -0.1) is 0 Å². The summed E-state index contributed by atoms with van der Waals surface area (Å²) in [5.74, 6) is -0.661. The lowest BCUT2D eigenvalue weighted by Crippen LogP contribution is -2.07. The highest BCUT2D eigenvalue weighted by atomic mass is 16.8. The molecule has 0 amide bonds. The summed E-state index contributed by atoms with van der Waals surface area (Å²) in [6.45, 7) is 0. The van der Waals surface area contributed by atoms with Gasteiger partial charge in [0.1, 0.15) is 0 Å². The zero-order valence-corrected chi connectivity index (χ0v) is 8.75. The number of esters is 1. The Morgan fingerprint density at radius 2 is 1.71 bits per heavy atom. The summed E-state index contributed by atoms with van der Waals surface area (Å²) < 4.78 is 9.23. The molecule has 1 fully saturated rings. The van der Waals surface area contributed by atoms with Gasteiger partial charge in [-0.25, -0.2) is 9.59 Å². The highest BCUT2D eigenvalue weighted by Gasteiger charge is 2.37. The number of benzene rings is 2. The molecule has 0 N–H and O–H groups in total. The van der Waals surface area contributed by atoms with Crippen LogP contribution in [0.15, 0.2) is 42.5 Å². The summed E-state index contributed by atoms with van der Waals surface area (Å²) in [6, 6.07) is 13.1. The van der Waals surface area contributed by atoms with Crippen molar-refractivity contribution < 1.29 is 19.1 Å². The fourth-order valence-corrected chi connectivity index (χ4v) is 1.97. The second-order valence-electron chi connectivity index (χ2n) is 3.74. The molecule has 3 rings (SSSR count). The van der Waals surface area contributed by atoms with Gasteiger partial charge in [0, 0.05) is 5.56 Å². The van der Waals surface area contributed by atoms with E-state index in [0.717, 1.165) is 10.8 Å². The van der Waals surface area contributed by atoms with E-state index in [2.05, 4.69) is 4.74 Å². The lowest BCUT2D eigenvalue weighted by Gasteiger charge is -2.08. The highest BCUT2D eigenvalue weighted by molar-refractivity contribution is 5.96. The summed E-state index contributed by atoms with van der Waals surface area (Å²) in [6.07, 6.45) is -1.89. The molecule has 2 aromatic carbocycles. The third-order valence-electron chi connectivity index (χ3n) is 2.72. The van der Waals surface area contributed by atoms with Crippen LogP contribution < -0.4 is 0 Å². The molecule has 4 nitrogen and oxygen atoms in total.